The highest BCUT2D eigenvalue weighted by Crippen LogP contribution is 2.36. The molecule has 0 aliphatic carbocycles. The van der Waals surface area contributed by atoms with Gasteiger partial charge in [-0.1, -0.05) is 58.6 Å². The van der Waals surface area contributed by atoms with Crippen LogP contribution >= 0.6 is 34.8 Å². The van der Waals surface area contributed by atoms with Gasteiger partial charge in [-0.05, 0) is 61.5 Å². The lowest BCUT2D eigenvalue weighted by molar-refractivity contribution is 0.0997. The van der Waals surface area contributed by atoms with E-state index in [9.17, 15) is 13.2 Å². The summed E-state index contributed by atoms with van der Waals surface area (Å²) < 4.78 is 33.5. The first kappa shape index (κ1) is 27.6. The number of hydrogen-bond donors (Lipinski definition) is 1. The van der Waals surface area contributed by atoms with Crippen LogP contribution < -0.4 is 10.2 Å². The quantitative estimate of drug-likeness (QED) is 0.257. The number of amides is 1. The van der Waals surface area contributed by atoms with Crippen molar-refractivity contribution in [2.24, 2.45) is 0 Å². The van der Waals surface area contributed by atoms with Crippen molar-refractivity contribution in [3.63, 3.8) is 0 Å². The minimum atomic E-state index is -3.61. The molecule has 1 aliphatic heterocycles. The van der Waals surface area contributed by atoms with Crippen LogP contribution in [0.1, 0.15) is 16.1 Å². The lowest BCUT2D eigenvalue weighted by Crippen LogP contribution is -2.49. The van der Waals surface area contributed by atoms with Gasteiger partial charge in [-0.3, -0.25) is 4.79 Å². The molecule has 5 rings (SSSR count). The monoisotopic (exact) mass is 603 g/mol. The molecule has 1 aliphatic rings. The van der Waals surface area contributed by atoms with Gasteiger partial charge in [0.2, 0.25) is 10.0 Å². The number of carbonyl (C=O) groups is 1. The zero-order valence-corrected chi connectivity index (χ0v) is 23.9. The first-order valence-corrected chi connectivity index (χ1v) is 14.7. The molecule has 0 atom stereocenters. The van der Waals surface area contributed by atoms with Gasteiger partial charge in [0.05, 0.1) is 31.3 Å². The van der Waals surface area contributed by atoms with E-state index in [4.69, 9.17) is 39.2 Å². The topological polar surface area (TPSA) is 82.9 Å². The average molecular weight is 605 g/mol. The summed E-state index contributed by atoms with van der Waals surface area (Å²) in [6.07, 6.45) is 0. The van der Waals surface area contributed by atoms with Crippen molar-refractivity contribution in [2.75, 3.05) is 36.4 Å². The first-order chi connectivity index (χ1) is 18.6. The largest absolute Gasteiger partial charge is 0.451 e. The molecule has 1 N–H and O–H groups in total. The summed E-state index contributed by atoms with van der Waals surface area (Å²) in [5, 5.41) is 4.13. The summed E-state index contributed by atoms with van der Waals surface area (Å²) in [7, 11) is -3.61. The number of rotatable bonds is 6. The maximum Gasteiger partial charge on any atom is 0.291 e. The van der Waals surface area contributed by atoms with Gasteiger partial charge in [-0.15, -0.1) is 0 Å². The van der Waals surface area contributed by atoms with Crippen molar-refractivity contribution in [1.82, 2.24) is 4.31 Å². The predicted octanol–water partition coefficient (Wildman–Crippen LogP) is 6.98. The number of aryl methyl sites for hydroxylation is 1. The van der Waals surface area contributed by atoms with E-state index in [1.165, 1.54) is 4.31 Å². The molecule has 1 amide bonds. The highest BCUT2D eigenvalue weighted by molar-refractivity contribution is 7.89. The average Bonchev–Trinajstić information content (AvgIpc) is 3.41. The Morgan fingerprint density at radius 3 is 2.26 bits per heavy atom. The Kier molecular flexibility index (Phi) is 7.94. The number of nitrogens with one attached hydrogen (secondary N) is 1. The Hall–Kier alpha value is -3.01. The molecule has 39 heavy (non-hydrogen) atoms. The Morgan fingerprint density at radius 2 is 1.56 bits per heavy atom. The Bertz CT molecular complexity index is 1630. The van der Waals surface area contributed by atoms with E-state index in [1.54, 1.807) is 72.8 Å². The number of halogens is 3. The fourth-order valence-corrected chi connectivity index (χ4v) is 6.41. The molecule has 4 aromatic rings. The van der Waals surface area contributed by atoms with Crippen LogP contribution in [-0.4, -0.2) is 44.8 Å². The molecule has 3 aromatic carbocycles. The normalized spacial score (nSPS) is 14.4. The lowest BCUT2D eigenvalue weighted by Gasteiger charge is -2.36. The standard InChI is InChI=1S/C28H24Cl3N3O4S/c1-18-5-8-20(9-6-18)39(36,37)34-15-13-33(14-16-34)27-22(30)3-2-4-24(27)32-28(35)26-12-11-25(38-26)19-7-10-21(29)23(31)17-19/h2-12,17H,13-16H2,1H3,(H,32,35). The zero-order valence-electron chi connectivity index (χ0n) is 20.8. The lowest BCUT2D eigenvalue weighted by atomic mass is 10.2. The van der Waals surface area contributed by atoms with Crippen LogP contribution in [0.2, 0.25) is 15.1 Å². The fourth-order valence-electron chi connectivity index (χ4n) is 4.40. The van der Waals surface area contributed by atoms with E-state index < -0.39 is 15.9 Å². The van der Waals surface area contributed by atoms with Crippen LogP contribution in [0, 0.1) is 6.92 Å². The molecule has 11 heteroatoms. The number of carbonyl (C=O) groups excluding carboxylic acids is 1. The second-order valence-corrected chi connectivity index (χ2v) is 12.2. The van der Waals surface area contributed by atoms with Crippen molar-refractivity contribution < 1.29 is 17.6 Å². The van der Waals surface area contributed by atoms with Crippen LogP contribution in [0.3, 0.4) is 0 Å². The van der Waals surface area contributed by atoms with Crippen molar-refractivity contribution in [3.05, 3.63) is 99.2 Å². The second kappa shape index (κ2) is 11.2. The van der Waals surface area contributed by atoms with Gasteiger partial charge in [-0.2, -0.15) is 4.31 Å². The van der Waals surface area contributed by atoms with Gasteiger partial charge >= 0.3 is 0 Å². The van der Waals surface area contributed by atoms with E-state index in [2.05, 4.69) is 5.32 Å². The van der Waals surface area contributed by atoms with Gasteiger partial charge in [0.15, 0.2) is 5.76 Å². The van der Waals surface area contributed by atoms with Crippen LogP contribution in [-0.2, 0) is 10.0 Å². The van der Waals surface area contributed by atoms with Crippen LogP contribution in [0.25, 0.3) is 11.3 Å². The maximum atomic E-state index is 13.1. The number of piperazine rings is 1. The predicted molar refractivity (Wildman–Crippen MR) is 156 cm³/mol. The van der Waals surface area contributed by atoms with Crippen LogP contribution in [0.5, 0.6) is 0 Å². The molecule has 0 radical (unpaired) electrons. The van der Waals surface area contributed by atoms with Crippen molar-refractivity contribution >= 4 is 62.1 Å². The van der Waals surface area contributed by atoms with E-state index in [1.807, 2.05) is 11.8 Å². The van der Waals surface area contributed by atoms with Crippen molar-refractivity contribution in [2.45, 2.75) is 11.8 Å². The van der Waals surface area contributed by atoms with Crippen molar-refractivity contribution in [1.29, 1.82) is 0 Å². The Balaban J connectivity index is 1.31. The SMILES string of the molecule is Cc1ccc(S(=O)(=O)N2CCN(c3c(Cl)cccc3NC(=O)c3ccc(-c4ccc(Cl)c(Cl)c4)o3)CC2)cc1. The smallest absolute Gasteiger partial charge is 0.291 e. The molecular formula is C28H24Cl3N3O4S. The molecule has 1 aromatic heterocycles. The molecule has 0 bridgehead atoms. The number of benzene rings is 3. The molecule has 2 heterocycles. The summed E-state index contributed by atoms with van der Waals surface area (Å²) in [6.45, 7) is 3.27. The maximum absolute atomic E-state index is 13.1. The summed E-state index contributed by atoms with van der Waals surface area (Å²) in [4.78, 5) is 15.3. The minimum absolute atomic E-state index is 0.107. The molecule has 1 fully saturated rings. The molecule has 0 saturated carbocycles. The molecule has 7 nitrogen and oxygen atoms in total. The molecular weight excluding hydrogens is 581 g/mol. The number of para-hydroxylation sites is 1. The first-order valence-electron chi connectivity index (χ1n) is 12.1. The third-order valence-corrected chi connectivity index (χ3v) is 9.44. The van der Waals surface area contributed by atoms with Gasteiger partial charge < -0.3 is 14.6 Å². The van der Waals surface area contributed by atoms with Gasteiger partial charge in [-0.25, -0.2) is 8.42 Å². The van der Waals surface area contributed by atoms with Gasteiger partial charge in [0, 0.05) is 31.7 Å². The van der Waals surface area contributed by atoms with Gasteiger partial charge in [0.25, 0.3) is 5.91 Å². The second-order valence-electron chi connectivity index (χ2n) is 9.09. The number of sulfonamides is 1. The van der Waals surface area contributed by atoms with Crippen molar-refractivity contribution in [3.8, 4) is 11.3 Å². The summed E-state index contributed by atoms with van der Waals surface area (Å²) in [5.74, 6) is 0.123. The summed E-state index contributed by atoms with van der Waals surface area (Å²) in [5.41, 5.74) is 2.79. The molecule has 0 unspecified atom stereocenters. The minimum Gasteiger partial charge on any atom is -0.451 e. The summed E-state index contributed by atoms with van der Waals surface area (Å²) in [6, 6.07) is 20.4. The molecule has 202 valence electrons. The molecule has 1 saturated heterocycles. The van der Waals surface area contributed by atoms with Crippen LogP contribution in [0.15, 0.2) is 82.1 Å². The van der Waals surface area contributed by atoms with E-state index >= 15 is 0 Å². The van der Waals surface area contributed by atoms with E-state index in [-0.39, 0.29) is 23.7 Å². The number of nitrogens with zero attached hydrogens (tertiary/aromatic N) is 2. The Morgan fingerprint density at radius 1 is 0.846 bits per heavy atom. The number of hydrogen-bond acceptors (Lipinski definition) is 5. The fraction of sp³-hybridized carbons (Fsp3) is 0.179. The van der Waals surface area contributed by atoms with Crippen LogP contribution in [0.4, 0.5) is 11.4 Å². The number of furan rings is 1. The third-order valence-electron chi connectivity index (χ3n) is 6.48. The van der Waals surface area contributed by atoms with E-state index in [0.717, 1.165) is 5.56 Å². The highest BCUT2D eigenvalue weighted by atomic mass is 35.5. The van der Waals surface area contributed by atoms with E-state index in [0.29, 0.717) is 50.9 Å². The molecule has 0 spiro atoms. The summed E-state index contributed by atoms with van der Waals surface area (Å²) >= 11 is 18.7. The third kappa shape index (κ3) is 5.81. The zero-order chi connectivity index (χ0) is 27.7. The number of anilines is 2. The highest BCUT2D eigenvalue weighted by Gasteiger charge is 2.30. The van der Waals surface area contributed by atoms with Gasteiger partial charge in [0.1, 0.15) is 5.76 Å². The Labute approximate surface area is 241 Å².